The Bertz CT molecular complexity index is 1170. The summed E-state index contributed by atoms with van der Waals surface area (Å²) in [5.74, 6) is 1.57. The molecule has 152 valence electrons. The molecule has 6 nitrogen and oxygen atoms in total. The molecule has 3 aromatic carbocycles. The summed E-state index contributed by atoms with van der Waals surface area (Å²) in [6.07, 6.45) is 0. The standard InChI is InChI=1S/C22H19N3O3S2/c1-27-17-10-16(11-18(12-17)28-2)20(26)23-21-24-25-22(30-21)29-13-15-8-5-7-14-6-3-4-9-19(14)15/h3-12H,13H2,1-2H3,(H,23,24,26). The van der Waals surface area contributed by atoms with Crippen LogP contribution in [0.2, 0.25) is 0 Å². The zero-order valence-corrected chi connectivity index (χ0v) is 18.0. The van der Waals surface area contributed by atoms with Gasteiger partial charge in [0, 0.05) is 17.4 Å². The molecule has 4 aromatic rings. The highest BCUT2D eigenvalue weighted by Gasteiger charge is 2.13. The highest BCUT2D eigenvalue weighted by Crippen LogP contribution is 2.31. The van der Waals surface area contributed by atoms with Gasteiger partial charge in [-0.3, -0.25) is 10.1 Å². The number of methoxy groups -OCH3 is 2. The van der Waals surface area contributed by atoms with E-state index in [0.717, 1.165) is 10.1 Å². The van der Waals surface area contributed by atoms with Crippen molar-refractivity contribution in [1.29, 1.82) is 0 Å². The van der Waals surface area contributed by atoms with Crippen molar-refractivity contribution in [2.24, 2.45) is 0 Å². The molecule has 1 aromatic heterocycles. The number of nitrogens with zero attached hydrogens (tertiary/aromatic N) is 2. The van der Waals surface area contributed by atoms with Crippen LogP contribution >= 0.6 is 23.1 Å². The van der Waals surface area contributed by atoms with Crippen molar-refractivity contribution in [1.82, 2.24) is 10.2 Å². The first kappa shape index (κ1) is 20.2. The maximum absolute atomic E-state index is 12.6. The number of ether oxygens (including phenoxy) is 2. The van der Waals surface area contributed by atoms with Gasteiger partial charge in [-0.25, -0.2) is 0 Å². The van der Waals surface area contributed by atoms with Crippen molar-refractivity contribution in [3.05, 3.63) is 71.8 Å². The second-order valence-electron chi connectivity index (χ2n) is 6.36. The van der Waals surface area contributed by atoms with Gasteiger partial charge in [0.25, 0.3) is 5.91 Å². The maximum atomic E-state index is 12.6. The Balaban J connectivity index is 1.44. The van der Waals surface area contributed by atoms with E-state index in [0.29, 0.717) is 22.2 Å². The van der Waals surface area contributed by atoms with Crippen molar-refractivity contribution in [3.63, 3.8) is 0 Å². The van der Waals surface area contributed by atoms with Gasteiger partial charge in [-0.15, -0.1) is 10.2 Å². The van der Waals surface area contributed by atoms with Crippen LogP contribution in [-0.4, -0.2) is 30.3 Å². The monoisotopic (exact) mass is 437 g/mol. The number of nitrogens with one attached hydrogen (secondary N) is 1. The summed E-state index contributed by atoms with van der Waals surface area (Å²) < 4.78 is 11.2. The summed E-state index contributed by atoms with van der Waals surface area (Å²) in [5, 5.41) is 14.0. The number of hydrogen-bond donors (Lipinski definition) is 1. The minimum absolute atomic E-state index is 0.297. The lowest BCUT2D eigenvalue weighted by molar-refractivity contribution is 0.102. The summed E-state index contributed by atoms with van der Waals surface area (Å²) in [4.78, 5) is 12.6. The van der Waals surface area contributed by atoms with Crippen LogP contribution in [0.3, 0.4) is 0 Å². The molecule has 0 saturated heterocycles. The van der Waals surface area contributed by atoms with E-state index in [1.54, 1.807) is 44.2 Å². The topological polar surface area (TPSA) is 73.3 Å². The Morgan fingerprint density at radius 3 is 2.50 bits per heavy atom. The van der Waals surface area contributed by atoms with Gasteiger partial charge in [-0.2, -0.15) is 0 Å². The van der Waals surface area contributed by atoms with Crippen molar-refractivity contribution >= 4 is 44.9 Å². The normalized spacial score (nSPS) is 10.7. The molecule has 0 aliphatic heterocycles. The lowest BCUT2D eigenvalue weighted by atomic mass is 10.1. The van der Waals surface area contributed by atoms with Crippen molar-refractivity contribution < 1.29 is 14.3 Å². The van der Waals surface area contributed by atoms with Gasteiger partial charge in [0.1, 0.15) is 11.5 Å². The van der Waals surface area contributed by atoms with Crippen LogP contribution in [0.15, 0.2) is 65.0 Å². The van der Waals surface area contributed by atoms with E-state index in [2.05, 4.69) is 45.8 Å². The molecule has 0 radical (unpaired) electrons. The molecular weight excluding hydrogens is 418 g/mol. The van der Waals surface area contributed by atoms with E-state index < -0.39 is 0 Å². The quantitative estimate of drug-likeness (QED) is 0.314. The highest BCUT2D eigenvalue weighted by atomic mass is 32.2. The van der Waals surface area contributed by atoms with Gasteiger partial charge < -0.3 is 9.47 Å². The molecule has 4 rings (SSSR count). The first-order chi connectivity index (χ1) is 14.7. The summed E-state index contributed by atoms with van der Waals surface area (Å²) in [6.45, 7) is 0. The molecule has 0 unspecified atom stereocenters. The Kier molecular flexibility index (Phi) is 6.15. The number of fused-ring (bicyclic) bond motifs is 1. The molecule has 0 atom stereocenters. The van der Waals surface area contributed by atoms with Crippen LogP contribution < -0.4 is 14.8 Å². The largest absolute Gasteiger partial charge is 0.497 e. The SMILES string of the molecule is COc1cc(OC)cc(C(=O)Nc2nnc(SCc3cccc4ccccc34)s2)c1. The molecule has 0 aliphatic rings. The molecule has 1 heterocycles. The van der Waals surface area contributed by atoms with E-state index in [1.165, 1.54) is 27.7 Å². The minimum Gasteiger partial charge on any atom is -0.497 e. The fourth-order valence-electron chi connectivity index (χ4n) is 2.98. The fraction of sp³-hybridized carbons (Fsp3) is 0.136. The number of benzene rings is 3. The number of amides is 1. The summed E-state index contributed by atoms with van der Waals surface area (Å²) >= 11 is 2.94. The van der Waals surface area contributed by atoms with Crippen LogP contribution in [0.25, 0.3) is 10.8 Å². The minimum atomic E-state index is -0.297. The number of aromatic nitrogens is 2. The van der Waals surface area contributed by atoms with E-state index >= 15 is 0 Å². The zero-order valence-electron chi connectivity index (χ0n) is 16.4. The molecule has 0 spiro atoms. The van der Waals surface area contributed by atoms with E-state index in [1.807, 2.05) is 12.1 Å². The smallest absolute Gasteiger partial charge is 0.257 e. The zero-order chi connectivity index (χ0) is 20.9. The fourth-order valence-corrected chi connectivity index (χ4v) is 4.74. The summed E-state index contributed by atoms with van der Waals surface area (Å²) in [6, 6.07) is 19.6. The van der Waals surface area contributed by atoms with Crippen LogP contribution in [0.4, 0.5) is 5.13 Å². The second-order valence-corrected chi connectivity index (χ2v) is 8.56. The molecule has 1 amide bonds. The van der Waals surface area contributed by atoms with Gasteiger partial charge in [0.2, 0.25) is 5.13 Å². The molecular formula is C22H19N3O3S2. The number of rotatable bonds is 7. The third-order valence-electron chi connectivity index (χ3n) is 4.47. The maximum Gasteiger partial charge on any atom is 0.257 e. The highest BCUT2D eigenvalue weighted by molar-refractivity contribution is 8.00. The average Bonchev–Trinajstić information content (AvgIpc) is 3.24. The van der Waals surface area contributed by atoms with Gasteiger partial charge in [0.05, 0.1) is 14.2 Å². The number of thioether (sulfide) groups is 1. The Morgan fingerprint density at radius 2 is 1.73 bits per heavy atom. The van der Waals surface area contributed by atoms with Gasteiger partial charge in [0.15, 0.2) is 4.34 Å². The Hall–Kier alpha value is -3.10. The average molecular weight is 438 g/mol. The first-order valence-corrected chi connectivity index (χ1v) is 10.9. The van der Waals surface area contributed by atoms with E-state index in [9.17, 15) is 4.79 Å². The van der Waals surface area contributed by atoms with Crippen molar-refractivity contribution in [3.8, 4) is 11.5 Å². The number of hydrogen-bond acceptors (Lipinski definition) is 7. The molecule has 30 heavy (non-hydrogen) atoms. The lowest BCUT2D eigenvalue weighted by Crippen LogP contribution is -2.12. The second kappa shape index (κ2) is 9.15. The number of carbonyl (C=O) groups is 1. The predicted octanol–water partition coefficient (Wildman–Crippen LogP) is 5.25. The first-order valence-electron chi connectivity index (χ1n) is 9.13. The number of anilines is 1. The Morgan fingerprint density at radius 1 is 1.00 bits per heavy atom. The molecule has 8 heteroatoms. The van der Waals surface area contributed by atoms with E-state index in [-0.39, 0.29) is 5.91 Å². The van der Waals surface area contributed by atoms with Crippen LogP contribution in [-0.2, 0) is 5.75 Å². The van der Waals surface area contributed by atoms with Gasteiger partial charge >= 0.3 is 0 Å². The summed E-state index contributed by atoms with van der Waals surface area (Å²) in [5.41, 5.74) is 1.66. The Labute approximate surface area is 182 Å². The van der Waals surface area contributed by atoms with E-state index in [4.69, 9.17) is 9.47 Å². The lowest BCUT2D eigenvalue weighted by Gasteiger charge is -2.07. The van der Waals surface area contributed by atoms with Crippen molar-refractivity contribution in [2.45, 2.75) is 10.1 Å². The van der Waals surface area contributed by atoms with Crippen LogP contribution in [0.5, 0.6) is 11.5 Å². The molecule has 0 saturated carbocycles. The third-order valence-corrected chi connectivity index (χ3v) is 6.49. The number of carbonyl (C=O) groups excluding carboxylic acids is 1. The van der Waals surface area contributed by atoms with Gasteiger partial charge in [-0.1, -0.05) is 65.6 Å². The predicted molar refractivity (Wildman–Crippen MR) is 121 cm³/mol. The molecule has 1 N–H and O–H groups in total. The molecule has 0 aliphatic carbocycles. The third kappa shape index (κ3) is 4.55. The van der Waals surface area contributed by atoms with Crippen LogP contribution in [0, 0.1) is 0 Å². The van der Waals surface area contributed by atoms with Gasteiger partial charge in [-0.05, 0) is 28.5 Å². The van der Waals surface area contributed by atoms with Crippen molar-refractivity contribution in [2.75, 3.05) is 19.5 Å². The summed E-state index contributed by atoms with van der Waals surface area (Å²) in [7, 11) is 3.08. The molecule has 0 fully saturated rings. The molecule has 0 bridgehead atoms. The van der Waals surface area contributed by atoms with Crippen LogP contribution in [0.1, 0.15) is 15.9 Å².